The Balaban J connectivity index is 1.86. The summed E-state index contributed by atoms with van der Waals surface area (Å²) in [6.07, 6.45) is 2.45. The first-order chi connectivity index (χ1) is 8.59. The Hall–Kier alpha value is -1.22. The molecule has 3 nitrogen and oxygen atoms in total. The predicted molar refractivity (Wildman–Crippen MR) is 71.9 cm³/mol. The van der Waals surface area contributed by atoms with Gasteiger partial charge in [-0.2, -0.15) is 0 Å². The molecule has 1 unspecified atom stereocenters. The largest absolute Gasteiger partial charge is 0.482 e. The molecule has 0 aromatic heterocycles. The zero-order valence-electron chi connectivity index (χ0n) is 10.7. The van der Waals surface area contributed by atoms with Crippen LogP contribution in [0.25, 0.3) is 0 Å². The molecule has 98 valence electrons. The van der Waals surface area contributed by atoms with E-state index < -0.39 is 0 Å². The number of carbonyl (C=O) groups excluding carboxylic acids is 1. The monoisotopic (exact) mass is 267 g/mol. The minimum Gasteiger partial charge on any atom is -0.482 e. The number of carbonyl (C=O) groups is 1. The SMILES string of the molecule is CC(C1CC1)N(C)C(=O)COc1ccccc1Cl. The molecule has 4 heteroatoms. The lowest BCUT2D eigenvalue weighted by molar-refractivity contribution is -0.134. The van der Waals surface area contributed by atoms with Crippen LogP contribution >= 0.6 is 11.6 Å². The molecule has 0 aliphatic heterocycles. The third kappa shape index (κ3) is 3.16. The minimum absolute atomic E-state index is 0.00526. The van der Waals surface area contributed by atoms with Crippen molar-refractivity contribution in [3.63, 3.8) is 0 Å². The van der Waals surface area contributed by atoms with Crippen molar-refractivity contribution >= 4 is 17.5 Å². The Morgan fingerprint density at radius 1 is 1.50 bits per heavy atom. The van der Waals surface area contributed by atoms with Gasteiger partial charge in [0.1, 0.15) is 5.75 Å². The van der Waals surface area contributed by atoms with E-state index >= 15 is 0 Å². The van der Waals surface area contributed by atoms with Crippen LogP contribution in [0, 0.1) is 5.92 Å². The number of benzene rings is 1. The van der Waals surface area contributed by atoms with Crippen LogP contribution in [0.1, 0.15) is 19.8 Å². The fourth-order valence-corrected chi connectivity index (χ4v) is 2.12. The number of hydrogen-bond donors (Lipinski definition) is 0. The summed E-state index contributed by atoms with van der Waals surface area (Å²) in [5, 5.41) is 0.531. The second-order valence-corrected chi connectivity index (χ2v) is 5.21. The van der Waals surface area contributed by atoms with E-state index in [1.54, 1.807) is 17.0 Å². The molecule has 0 bridgehead atoms. The lowest BCUT2D eigenvalue weighted by Gasteiger charge is -2.24. The van der Waals surface area contributed by atoms with Crippen molar-refractivity contribution in [3.8, 4) is 5.75 Å². The van der Waals surface area contributed by atoms with E-state index in [0.717, 1.165) is 0 Å². The van der Waals surface area contributed by atoms with E-state index in [1.165, 1.54) is 12.8 Å². The fraction of sp³-hybridized carbons (Fsp3) is 0.500. The van der Waals surface area contributed by atoms with Gasteiger partial charge in [-0.3, -0.25) is 4.79 Å². The van der Waals surface area contributed by atoms with Crippen molar-refractivity contribution in [2.75, 3.05) is 13.7 Å². The first-order valence-electron chi connectivity index (χ1n) is 6.22. The molecule has 1 amide bonds. The summed E-state index contributed by atoms with van der Waals surface area (Å²) in [6, 6.07) is 7.48. The van der Waals surface area contributed by atoms with Crippen LogP contribution in [0.3, 0.4) is 0 Å². The van der Waals surface area contributed by atoms with E-state index in [-0.39, 0.29) is 12.5 Å². The summed E-state index contributed by atoms with van der Waals surface area (Å²) in [7, 11) is 1.83. The van der Waals surface area contributed by atoms with Gasteiger partial charge in [0.2, 0.25) is 0 Å². The molecule has 1 aromatic carbocycles. The highest BCUT2D eigenvalue weighted by Crippen LogP contribution is 2.34. The highest BCUT2D eigenvalue weighted by Gasteiger charge is 2.32. The standard InChI is InChI=1S/C14H18ClNO2/c1-10(11-7-8-11)16(2)14(17)9-18-13-6-4-3-5-12(13)15/h3-6,10-11H,7-9H2,1-2H3. The highest BCUT2D eigenvalue weighted by molar-refractivity contribution is 6.32. The predicted octanol–water partition coefficient (Wildman–Crippen LogP) is 2.98. The fourth-order valence-electron chi connectivity index (χ4n) is 1.93. The Morgan fingerprint density at radius 2 is 2.17 bits per heavy atom. The quantitative estimate of drug-likeness (QED) is 0.821. The number of para-hydroxylation sites is 1. The average Bonchev–Trinajstić information content (AvgIpc) is 3.20. The third-order valence-corrected chi connectivity index (χ3v) is 3.81. The molecule has 1 aliphatic rings. The highest BCUT2D eigenvalue weighted by atomic mass is 35.5. The lowest BCUT2D eigenvalue weighted by atomic mass is 10.2. The second-order valence-electron chi connectivity index (χ2n) is 4.80. The Bertz CT molecular complexity index is 432. The number of likely N-dealkylation sites (N-methyl/N-ethyl adjacent to an activating group) is 1. The third-order valence-electron chi connectivity index (χ3n) is 3.50. The molecule has 1 fully saturated rings. The first kappa shape index (κ1) is 13.2. The van der Waals surface area contributed by atoms with E-state index in [1.807, 2.05) is 19.2 Å². The van der Waals surface area contributed by atoms with Gasteiger partial charge in [-0.15, -0.1) is 0 Å². The molecule has 0 heterocycles. The molecule has 0 N–H and O–H groups in total. The van der Waals surface area contributed by atoms with E-state index in [4.69, 9.17) is 16.3 Å². The minimum atomic E-state index is -0.00526. The molecule has 1 atom stereocenters. The van der Waals surface area contributed by atoms with Crippen LogP contribution < -0.4 is 4.74 Å². The van der Waals surface area contributed by atoms with E-state index in [9.17, 15) is 4.79 Å². The number of ether oxygens (including phenoxy) is 1. The maximum atomic E-state index is 12.0. The lowest BCUT2D eigenvalue weighted by Crippen LogP contribution is -2.39. The van der Waals surface area contributed by atoms with E-state index in [0.29, 0.717) is 22.7 Å². The summed E-state index contributed by atoms with van der Waals surface area (Å²) in [4.78, 5) is 13.7. The van der Waals surface area contributed by atoms with Crippen molar-refractivity contribution in [1.82, 2.24) is 4.90 Å². The number of hydrogen-bond acceptors (Lipinski definition) is 2. The summed E-state index contributed by atoms with van der Waals surface area (Å²) >= 11 is 5.96. The second kappa shape index (κ2) is 5.61. The van der Waals surface area contributed by atoms with Crippen molar-refractivity contribution in [2.45, 2.75) is 25.8 Å². The molecule has 1 aliphatic carbocycles. The molecule has 1 saturated carbocycles. The number of rotatable bonds is 5. The molecule has 1 aromatic rings. The van der Waals surface area contributed by atoms with Crippen LogP contribution in [-0.2, 0) is 4.79 Å². The summed E-state index contributed by atoms with van der Waals surface area (Å²) in [6.45, 7) is 2.13. The number of amides is 1. The molecule has 0 radical (unpaired) electrons. The average molecular weight is 268 g/mol. The summed E-state index contributed by atoms with van der Waals surface area (Å²) < 4.78 is 5.45. The Morgan fingerprint density at radius 3 is 2.78 bits per heavy atom. The van der Waals surface area contributed by atoms with E-state index in [2.05, 4.69) is 6.92 Å². The van der Waals surface area contributed by atoms with Gasteiger partial charge in [-0.25, -0.2) is 0 Å². The smallest absolute Gasteiger partial charge is 0.260 e. The zero-order valence-corrected chi connectivity index (χ0v) is 11.5. The normalized spacial score (nSPS) is 16.2. The maximum absolute atomic E-state index is 12.0. The van der Waals surface area contributed by atoms with Crippen LogP contribution in [0.15, 0.2) is 24.3 Å². The van der Waals surface area contributed by atoms with Gasteiger partial charge < -0.3 is 9.64 Å². The van der Waals surface area contributed by atoms with Crippen molar-refractivity contribution in [1.29, 1.82) is 0 Å². The molecule has 0 saturated heterocycles. The van der Waals surface area contributed by atoms with Gasteiger partial charge in [0, 0.05) is 13.1 Å². The van der Waals surface area contributed by atoms with Gasteiger partial charge in [0.25, 0.3) is 5.91 Å². The summed E-state index contributed by atoms with van der Waals surface area (Å²) in [5.74, 6) is 1.22. The van der Waals surface area contributed by atoms with Gasteiger partial charge in [-0.05, 0) is 37.8 Å². The molecule has 2 rings (SSSR count). The molecule has 18 heavy (non-hydrogen) atoms. The molecule has 0 spiro atoms. The number of halogens is 1. The van der Waals surface area contributed by atoms with Gasteiger partial charge >= 0.3 is 0 Å². The van der Waals surface area contributed by atoms with Crippen LogP contribution in [0.2, 0.25) is 5.02 Å². The topological polar surface area (TPSA) is 29.5 Å². The number of nitrogens with zero attached hydrogens (tertiary/aromatic N) is 1. The molecular weight excluding hydrogens is 250 g/mol. The zero-order chi connectivity index (χ0) is 13.1. The van der Waals surface area contributed by atoms with Crippen LogP contribution in [0.5, 0.6) is 5.75 Å². The Labute approximate surface area is 113 Å². The maximum Gasteiger partial charge on any atom is 0.260 e. The Kier molecular flexibility index (Phi) is 4.12. The van der Waals surface area contributed by atoms with Gasteiger partial charge in [-0.1, -0.05) is 23.7 Å². The van der Waals surface area contributed by atoms with Gasteiger partial charge in [0.15, 0.2) is 6.61 Å². The summed E-state index contributed by atoms with van der Waals surface area (Å²) in [5.41, 5.74) is 0. The first-order valence-corrected chi connectivity index (χ1v) is 6.60. The molecular formula is C14H18ClNO2. The van der Waals surface area contributed by atoms with Crippen molar-refractivity contribution in [2.24, 2.45) is 5.92 Å². The van der Waals surface area contributed by atoms with Crippen LogP contribution in [0.4, 0.5) is 0 Å². The van der Waals surface area contributed by atoms with Crippen LogP contribution in [-0.4, -0.2) is 30.5 Å². The van der Waals surface area contributed by atoms with Crippen molar-refractivity contribution in [3.05, 3.63) is 29.3 Å². The van der Waals surface area contributed by atoms with Crippen molar-refractivity contribution < 1.29 is 9.53 Å². The van der Waals surface area contributed by atoms with Gasteiger partial charge in [0.05, 0.1) is 5.02 Å².